The van der Waals surface area contributed by atoms with Gasteiger partial charge in [0, 0.05) is 13.1 Å². The molecule has 5 nitrogen and oxygen atoms in total. The minimum atomic E-state index is -3.55. The van der Waals surface area contributed by atoms with Gasteiger partial charge >= 0.3 is 4.87 Å². The van der Waals surface area contributed by atoms with Gasteiger partial charge in [-0.05, 0) is 31.0 Å². The summed E-state index contributed by atoms with van der Waals surface area (Å²) in [6.45, 7) is 5.75. The highest BCUT2D eigenvalue weighted by Gasteiger charge is 2.20. The number of hydrogen-bond donors (Lipinski definition) is 1. The monoisotopic (exact) mass is 314 g/mol. The zero-order chi connectivity index (χ0) is 15.1. The molecule has 0 saturated heterocycles. The molecule has 0 saturated carbocycles. The Morgan fingerprint density at radius 2 is 1.90 bits per heavy atom. The van der Waals surface area contributed by atoms with Gasteiger partial charge in [0.25, 0.3) is 0 Å². The highest BCUT2D eigenvalue weighted by molar-refractivity contribution is 7.89. The molecular formula is C13H18N2O3S2. The first kappa shape index (κ1) is 15.2. The molecule has 2 rings (SSSR count). The first-order valence-corrected chi connectivity index (χ1v) is 8.64. The quantitative estimate of drug-likeness (QED) is 0.937. The van der Waals surface area contributed by atoms with Crippen LogP contribution in [-0.4, -0.2) is 19.0 Å². The first-order chi connectivity index (χ1) is 9.22. The van der Waals surface area contributed by atoms with E-state index in [1.807, 2.05) is 20.8 Å². The second-order valence-corrected chi connectivity index (χ2v) is 7.92. The number of sulfonamides is 1. The van der Waals surface area contributed by atoms with Gasteiger partial charge < -0.3 is 4.57 Å². The van der Waals surface area contributed by atoms with E-state index < -0.39 is 10.0 Å². The molecule has 2 aromatic rings. The molecule has 0 spiro atoms. The highest BCUT2D eigenvalue weighted by Crippen LogP contribution is 2.21. The van der Waals surface area contributed by atoms with Crippen molar-refractivity contribution in [3.63, 3.8) is 0 Å². The topological polar surface area (TPSA) is 68.2 Å². The largest absolute Gasteiger partial charge is 0.307 e. The first-order valence-electron chi connectivity index (χ1n) is 6.34. The van der Waals surface area contributed by atoms with Crippen LogP contribution in [0, 0.1) is 5.92 Å². The van der Waals surface area contributed by atoms with Crippen LogP contribution in [0.4, 0.5) is 0 Å². The Bertz CT molecular complexity index is 788. The zero-order valence-corrected chi connectivity index (χ0v) is 13.5. The average Bonchev–Trinajstić information content (AvgIpc) is 2.64. The molecule has 0 aliphatic rings. The Labute approximate surface area is 122 Å². The number of benzene rings is 1. The van der Waals surface area contributed by atoms with Crippen LogP contribution < -0.4 is 9.60 Å². The Hall–Kier alpha value is -1.18. The van der Waals surface area contributed by atoms with E-state index in [1.165, 1.54) is 10.6 Å². The Morgan fingerprint density at radius 1 is 1.25 bits per heavy atom. The standard InChI is InChI=1S/C13H18N2O3S2/c1-8(2)9(3)14-20(17,18)10-5-6-11-12(7-10)19-13(16)15(11)4/h5-9,14H,1-4H3. The fourth-order valence-electron chi connectivity index (χ4n) is 1.73. The average molecular weight is 314 g/mol. The van der Waals surface area contributed by atoms with Gasteiger partial charge in [0.05, 0.1) is 15.1 Å². The number of fused-ring (bicyclic) bond motifs is 1. The van der Waals surface area contributed by atoms with Crippen molar-refractivity contribution in [2.24, 2.45) is 13.0 Å². The summed E-state index contributed by atoms with van der Waals surface area (Å²) in [7, 11) is -1.88. The summed E-state index contributed by atoms with van der Waals surface area (Å²) < 4.78 is 29.4. The van der Waals surface area contributed by atoms with Gasteiger partial charge in [-0.15, -0.1) is 0 Å². The van der Waals surface area contributed by atoms with Crippen molar-refractivity contribution in [3.05, 3.63) is 27.9 Å². The van der Waals surface area contributed by atoms with Gasteiger partial charge in [0.1, 0.15) is 0 Å². The molecule has 1 unspecified atom stereocenters. The SMILES string of the molecule is CC(C)C(C)NS(=O)(=O)c1ccc2c(c1)sc(=O)n2C. The van der Waals surface area contributed by atoms with Crippen LogP contribution in [0.1, 0.15) is 20.8 Å². The molecule has 7 heteroatoms. The summed E-state index contributed by atoms with van der Waals surface area (Å²) in [5, 5.41) is 0. The van der Waals surface area contributed by atoms with E-state index in [4.69, 9.17) is 0 Å². The molecule has 0 amide bonds. The van der Waals surface area contributed by atoms with Crippen LogP contribution in [-0.2, 0) is 17.1 Å². The molecule has 0 aliphatic carbocycles. The number of rotatable bonds is 4. The van der Waals surface area contributed by atoms with Crippen LogP contribution in [0.5, 0.6) is 0 Å². The molecule has 1 aromatic heterocycles. The van der Waals surface area contributed by atoms with Crippen molar-refractivity contribution in [1.29, 1.82) is 0 Å². The lowest BCUT2D eigenvalue weighted by molar-refractivity contribution is 0.476. The normalized spacial score (nSPS) is 14.1. The van der Waals surface area contributed by atoms with Gasteiger partial charge in [0.2, 0.25) is 10.0 Å². The lowest BCUT2D eigenvalue weighted by atomic mass is 10.1. The zero-order valence-electron chi connectivity index (χ0n) is 11.9. The van der Waals surface area contributed by atoms with Crippen molar-refractivity contribution < 1.29 is 8.42 Å². The molecule has 110 valence electrons. The van der Waals surface area contributed by atoms with Gasteiger partial charge in [0.15, 0.2) is 0 Å². The van der Waals surface area contributed by atoms with E-state index in [9.17, 15) is 13.2 Å². The second kappa shape index (κ2) is 5.31. The van der Waals surface area contributed by atoms with Crippen molar-refractivity contribution in [1.82, 2.24) is 9.29 Å². The summed E-state index contributed by atoms with van der Waals surface area (Å²) in [6, 6.07) is 4.60. The third-order valence-electron chi connectivity index (χ3n) is 3.42. The molecule has 0 aliphatic heterocycles. The van der Waals surface area contributed by atoms with E-state index >= 15 is 0 Å². The summed E-state index contributed by atoms with van der Waals surface area (Å²) in [5.74, 6) is 0.210. The molecule has 1 N–H and O–H groups in total. The highest BCUT2D eigenvalue weighted by atomic mass is 32.2. The van der Waals surface area contributed by atoms with Crippen molar-refractivity contribution >= 4 is 31.6 Å². The fraction of sp³-hybridized carbons (Fsp3) is 0.462. The predicted molar refractivity (Wildman–Crippen MR) is 81.7 cm³/mol. The van der Waals surface area contributed by atoms with Gasteiger partial charge in [-0.3, -0.25) is 4.79 Å². The number of nitrogens with zero attached hydrogens (tertiary/aromatic N) is 1. The van der Waals surface area contributed by atoms with Crippen LogP contribution in [0.25, 0.3) is 10.2 Å². The summed E-state index contributed by atoms with van der Waals surface area (Å²) in [6.07, 6.45) is 0. The van der Waals surface area contributed by atoms with E-state index in [-0.39, 0.29) is 21.7 Å². The van der Waals surface area contributed by atoms with Crippen LogP contribution in [0.15, 0.2) is 27.9 Å². The van der Waals surface area contributed by atoms with Crippen LogP contribution in [0.2, 0.25) is 0 Å². The predicted octanol–water partition coefficient (Wildman–Crippen LogP) is 1.92. The lowest BCUT2D eigenvalue weighted by Gasteiger charge is -2.17. The third-order valence-corrected chi connectivity index (χ3v) is 5.97. The number of hydrogen-bond acceptors (Lipinski definition) is 4. The van der Waals surface area contributed by atoms with E-state index in [0.29, 0.717) is 4.70 Å². The van der Waals surface area contributed by atoms with Crippen molar-refractivity contribution in [2.45, 2.75) is 31.7 Å². The second-order valence-electron chi connectivity index (χ2n) is 5.21. The summed E-state index contributed by atoms with van der Waals surface area (Å²) in [5.41, 5.74) is 0.746. The third kappa shape index (κ3) is 2.79. The Kier molecular flexibility index (Phi) is 4.04. The molecule has 1 atom stereocenters. The molecule has 1 aromatic carbocycles. The van der Waals surface area contributed by atoms with E-state index in [1.54, 1.807) is 19.2 Å². The summed E-state index contributed by atoms with van der Waals surface area (Å²) in [4.78, 5) is 11.7. The number of aromatic nitrogens is 1. The number of nitrogens with one attached hydrogen (secondary N) is 1. The molecule has 0 radical (unpaired) electrons. The maximum Gasteiger partial charge on any atom is 0.307 e. The fourth-order valence-corrected chi connectivity index (χ4v) is 4.14. The van der Waals surface area contributed by atoms with Crippen molar-refractivity contribution in [3.8, 4) is 0 Å². The number of thiazole rings is 1. The minimum absolute atomic E-state index is 0.0990. The lowest BCUT2D eigenvalue weighted by Crippen LogP contribution is -2.36. The van der Waals surface area contributed by atoms with E-state index in [0.717, 1.165) is 16.9 Å². The molecule has 1 heterocycles. The maximum atomic E-state index is 12.3. The smallest absolute Gasteiger partial charge is 0.302 e. The number of aryl methyl sites for hydroxylation is 1. The summed E-state index contributed by atoms with van der Waals surface area (Å²) >= 11 is 1.05. The van der Waals surface area contributed by atoms with Gasteiger partial charge in [-0.1, -0.05) is 25.2 Å². The van der Waals surface area contributed by atoms with Crippen molar-refractivity contribution in [2.75, 3.05) is 0 Å². The molecule has 0 fully saturated rings. The van der Waals surface area contributed by atoms with Gasteiger partial charge in [-0.25, -0.2) is 13.1 Å². The minimum Gasteiger partial charge on any atom is -0.302 e. The molecular weight excluding hydrogens is 296 g/mol. The Morgan fingerprint density at radius 3 is 2.50 bits per heavy atom. The maximum absolute atomic E-state index is 12.3. The van der Waals surface area contributed by atoms with Crippen LogP contribution >= 0.6 is 11.3 Å². The van der Waals surface area contributed by atoms with Crippen LogP contribution in [0.3, 0.4) is 0 Å². The Balaban J connectivity index is 2.45. The molecule has 0 bridgehead atoms. The van der Waals surface area contributed by atoms with E-state index in [2.05, 4.69) is 4.72 Å². The van der Waals surface area contributed by atoms with Gasteiger partial charge in [-0.2, -0.15) is 0 Å². The molecule has 20 heavy (non-hydrogen) atoms.